The van der Waals surface area contributed by atoms with Gasteiger partial charge in [-0.15, -0.1) is 11.6 Å². The number of hydrogen-bond donors (Lipinski definition) is 0. The molecule has 0 bridgehead atoms. The molecule has 0 spiro atoms. The van der Waals surface area contributed by atoms with Crippen LogP contribution in [0.2, 0.25) is 0 Å². The highest BCUT2D eigenvalue weighted by Crippen LogP contribution is 2.29. The summed E-state index contributed by atoms with van der Waals surface area (Å²) in [4.78, 5) is 0. The van der Waals surface area contributed by atoms with Crippen molar-refractivity contribution in [1.82, 2.24) is 0 Å². The number of alkyl halides is 1. The van der Waals surface area contributed by atoms with Gasteiger partial charge in [0.2, 0.25) is 0 Å². The van der Waals surface area contributed by atoms with Crippen LogP contribution in [0.3, 0.4) is 0 Å². The van der Waals surface area contributed by atoms with E-state index in [1.54, 1.807) is 0 Å². The standard InChI is InChI=1S/C16H21ClO/c1-11-5-7-14-12(9-11)10-13(18-14)6-8-15(17)16(2,3)4/h5,7,9-10,15H,6,8H2,1-4H3. The van der Waals surface area contributed by atoms with E-state index in [9.17, 15) is 0 Å². The van der Waals surface area contributed by atoms with Crippen molar-refractivity contribution in [3.05, 3.63) is 35.6 Å². The first-order chi connectivity index (χ1) is 8.36. The van der Waals surface area contributed by atoms with E-state index in [2.05, 4.69) is 45.9 Å². The quantitative estimate of drug-likeness (QED) is 0.683. The fourth-order valence-corrected chi connectivity index (χ4v) is 2.15. The molecule has 2 rings (SSSR count). The molecule has 0 amide bonds. The van der Waals surface area contributed by atoms with Crippen LogP contribution in [-0.2, 0) is 6.42 Å². The number of fused-ring (bicyclic) bond motifs is 1. The molecule has 98 valence electrons. The molecule has 0 aliphatic carbocycles. The first-order valence-electron chi connectivity index (χ1n) is 6.49. The summed E-state index contributed by atoms with van der Waals surface area (Å²) in [5, 5.41) is 1.36. The molecule has 2 aromatic rings. The van der Waals surface area contributed by atoms with Crippen LogP contribution in [-0.4, -0.2) is 5.38 Å². The molecule has 18 heavy (non-hydrogen) atoms. The summed E-state index contributed by atoms with van der Waals surface area (Å²) in [6, 6.07) is 8.41. The van der Waals surface area contributed by atoms with Gasteiger partial charge >= 0.3 is 0 Å². The van der Waals surface area contributed by atoms with Crippen LogP contribution in [0.15, 0.2) is 28.7 Å². The zero-order valence-electron chi connectivity index (χ0n) is 11.6. The molecule has 1 unspecified atom stereocenters. The Kier molecular flexibility index (Phi) is 3.72. The Morgan fingerprint density at radius 3 is 2.61 bits per heavy atom. The predicted molar refractivity (Wildman–Crippen MR) is 78.4 cm³/mol. The van der Waals surface area contributed by atoms with Crippen LogP contribution in [0.5, 0.6) is 0 Å². The van der Waals surface area contributed by atoms with Gasteiger partial charge in [-0.05, 0) is 37.0 Å². The summed E-state index contributed by atoms with van der Waals surface area (Å²) in [6.45, 7) is 8.62. The highest BCUT2D eigenvalue weighted by molar-refractivity contribution is 6.21. The summed E-state index contributed by atoms with van der Waals surface area (Å²) in [6.07, 6.45) is 1.85. The minimum Gasteiger partial charge on any atom is -0.461 e. The van der Waals surface area contributed by atoms with Crippen molar-refractivity contribution in [3.63, 3.8) is 0 Å². The molecule has 0 aliphatic rings. The first-order valence-corrected chi connectivity index (χ1v) is 6.93. The van der Waals surface area contributed by atoms with E-state index in [0.717, 1.165) is 24.2 Å². The minimum absolute atomic E-state index is 0.143. The zero-order valence-corrected chi connectivity index (χ0v) is 12.3. The zero-order chi connectivity index (χ0) is 13.3. The Labute approximate surface area is 114 Å². The summed E-state index contributed by atoms with van der Waals surface area (Å²) in [5.41, 5.74) is 2.38. The lowest BCUT2D eigenvalue weighted by molar-refractivity contribution is 0.367. The van der Waals surface area contributed by atoms with Gasteiger partial charge in [0, 0.05) is 17.2 Å². The van der Waals surface area contributed by atoms with Crippen LogP contribution < -0.4 is 0 Å². The van der Waals surface area contributed by atoms with Crippen LogP contribution >= 0.6 is 11.6 Å². The Morgan fingerprint density at radius 2 is 1.94 bits per heavy atom. The SMILES string of the molecule is Cc1ccc2oc(CCC(Cl)C(C)(C)C)cc2c1. The lowest BCUT2D eigenvalue weighted by Gasteiger charge is -2.24. The summed E-state index contributed by atoms with van der Waals surface area (Å²) in [7, 11) is 0. The van der Waals surface area contributed by atoms with Gasteiger partial charge < -0.3 is 4.42 Å². The second kappa shape index (κ2) is 4.97. The van der Waals surface area contributed by atoms with Crippen LogP contribution in [0.4, 0.5) is 0 Å². The van der Waals surface area contributed by atoms with E-state index in [1.165, 1.54) is 10.9 Å². The molecular formula is C16H21ClO. The highest BCUT2D eigenvalue weighted by atomic mass is 35.5. The number of halogens is 1. The maximum Gasteiger partial charge on any atom is 0.134 e. The van der Waals surface area contributed by atoms with E-state index in [-0.39, 0.29) is 10.8 Å². The van der Waals surface area contributed by atoms with Crippen molar-refractivity contribution in [3.8, 4) is 0 Å². The first kappa shape index (κ1) is 13.5. The summed E-state index contributed by atoms with van der Waals surface area (Å²) in [5.74, 6) is 1.03. The normalized spacial score (nSPS) is 14.1. The second-order valence-electron chi connectivity index (χ2n) is 6.13. The molecule has 1 heterocycles. The third-order valence-electron chi connectivity index (χ3n) is 3.31. The average molecular weight is 265 g/mol. The van der Waals surface area contributed by atoms with Crippen LogP contribution in [0.1, 0.15) is 38.5 Å². The Morgan fingerprint density at radius 1 is 1.22 bits per heavy atom. The molecule has 2 heteroatoms. The minimum atomic E-state index is 0.143. The molecule has 0 fully saturated rings. The molecule has 0 aliphatic heterocycles. The molecule has 1 aromatic heterocycles. The number of furan rings is 1. The molecule has 0 saturated carbocycles. The molecule has 1 aromatic carbocycles. The smallest absolute Gasteiger partial charge is 0.134 e. The molecule has 0 N–H and O–H groups in total. The van der Waals surface area contributed by atoms with E-state index in [1.807, 2.05) is 6.07 Å². The van der Waals surface area contributed by atoms with E-state index < -0.39 is 0 Å². The van der Waals surface area contributed by atoms with Gasteiger partial charge in [0.05, 0.1) is 0 Å². The maximum absolute atomic E-state index is 6.39. The van der Waals surface area contributed by atoms with Crippen molar-refractivity contribution >= 4 is 22.6 Å². The van der Waals surface area contributed by atoms with Crippen molar-refractivity contribution in [2.75, 3.05) is 0 Å². The molecule has 0 radical (unpaired) electrons. The molecule has 1 nitrogen and oxygen atoms in total. The van der Waals surface area contributed by atoms with E-state index in [4.69, 9.17) is 16.0 Å². The van der Waals surface area contributed by atoms with Gasteiger partial charge in [0.15, 0.2) is 0 Å². The van der Waals surface area contributed by atoms with Gasteiger partial charge in [-0.25, -0.2) is 0 Å². The fraction of sp³-hybridized carbons (Fsp3) is 0.500. The molecular weight excluding hydrogens is 244 g/mol. The third kappa shape index (κ3) is 3.08. The molecule has 0 saturated heterocycles. The number of benzene rings is 1. The summed E-state index contributed by atoms with van der Waals surface area (Å²) >= 11 is 6.39. The van der Waals surface area contributed by atoms with Gasteiger partial charge in [0.25, 0.3) is 0 Å². The lowest BCUT2D eigenvalue weighted by Crippen LogP contribution is -2.21. The second-order valence-corrected chi connectivity index (χ2v) is 6.65. The Bertz CT molecular complexity index is 534. The van der Waals surface area contributed by atoms with Crippen molar-refractivity contribution in [1.29, 1.82) is 0 Å². The average Bonchev–Trinajstić information content (AvgIpc) is 2.66. The fourth-order valence-electron chi connectivity index (χ4n) is 2.04. The molecule has 1 atom stereocenters. The van der Waals surface area contributed by atoms with Gasteiger partial charge in [-0.3, -0.25) is 0 Å². The van der Waals surface area contributed by atoms with Crippen molar-refractivity contribution in [2.45, 2.75) is 45.9 Å². The van der Waals surface area contributed by atoms with E-state index >= 15 is 0 Å². The topological polar surface area (TPSA) is 13.1 Å². The third-order valence-corrected chi connectivity index (χ3v) is 4.18. The largest absolute Gasteiger partial charge is 0.461 e. The Hall–Kier alpha value is -0.950. The van der Waals surface area contributed by atoms with E-state index in [0.29, 0.717) is 0 Å². The monoisotopic (exact) mass is 264 g/mol. The number of hydrogen-bond acceptors (Lipinski definition) is 1. The van der Waals surface area contributed by atoms with Crippen LogP contribution in [0.25, 0.3) is 11.0 Å². The number of rotatable bonds is 3. The number of aryl methyl sites for hydroxylation is 2. The highest BCUT2D eigenvalue weighted by Gasteiger charge is 2.22. The maximum atomic E-state index is 6.39. The Balaban J connectivity index is 2.09. The van der Waals surface area contributed by atoms with Gasteiger partial charge in [0.1, 0.15) is 11.3 Å². The van der Waals surface area contributed by atoms with Gasteiger partial charge in [-0.2, -0.15) is 0 Å². The van der Waals surface area contributed by atoms with Gasteiger partial charge in [-0.1, -0.05) is 32.4 Å². The van der Waals surface area contributed by atoms with Crippen LogP contribution in [0, 0.1) is 12.3 Å². The lowest BCUT2D eigenvalue weighted by atomic mass is 9.89. The summed E-state index contributed by atoms with van der Waals surface area (Å²) < 4.78 is 5.83. The van der Waals surface area contributed by atoms with Crippen molar-refractivity contribution < 1.29 is 4.42 Å². The van der Waals surface area contributed by atoms with Crippen molar-refractivity contribution in [2.24, 2.45) is 5.41 Å². The predicted octanol–water partition coefficient (Wildman–Crippen LogP) is 5.33.